The largest absolute Gasteiger partial charge is 0.377 e. The monoisotopic (exact) mass is 326 g/mol. The molecule has 2 amide bonds. The molecule has 2 N–H and O–H groups in total. The van der Waals surface area contributed by atoms with Crippen molar-refractivity contribution in [3.05, 3.63) is 33.8 Å². The lowest BCUT2D eigenvalue weighted by Gasteiger charge is -2.33. The molecule has 1 atom stereocenters. The number of hydrogen-bond acceptors (Lipinski definition) is 3. The van der Waals surface area contributed by atoms with Crippen molar-refractivity contribution in [2.45, 2.75) is 13.0 Å². The van der Waals surface area contributed by atoms with Crippen LogP contribution in [-0.4, -0.2) is 42.5 Å². The molecule has 1 fully saturated rings. The third-order valence-electron chi connectivity index (χ3n) is 3.11. The van der Waals surface area contributed by atoms with E-state index >= 15 is 0 Å². The number of ether oxygens (including phenoxy) is 1. The highest BCUT2D eigenvalue weighted by atomic mass is 79.9. The Morgan fingerprint density at radius 3 is 2.79 bits per heavy atom. The van der Waals surface area contributed by atoms with Crippen LogP contribution in [0.2, 0.25) is 0 Å². The maximum atomic E-state index is 12.5. The van der Waals surface area contributed by atoms with E-state index in [1.165, 1.54) is 0 Å². The summed E-state index contributed by atoms with van der Waals surface area (Å²) in [6.07, 6.45) is 0. The number of carbonyl (C=O) groups is 2. The number of hydrogen-bond donors (Lipinski definition) is 1. The van der Waals surface area contributed by atoms with E-state index in [0.717, 1.165) is 0 Å². The molecule has 1 saturated heterocycles. The number of primary amides is 1. The highest BCUT2D eigenvalue weighted by Crippen LogP contribution is 2.20. The van der Waals surface area contributed by atoms with Crippen LogP contribution in [0.25, 0.3) is 0 Å². The van der Waals surface area contributed by atoms with E-state index in [2.05, 4.69) is 15.9 Å². The number of benzene rings is 1. The summed E-state index contributed by atoms with van der Waals surface area (Å²) < 4.78 is 6.02. The summed E-state index contributed by atoms with van der Waals surface area (Å²) in [7, 11) is 0. The van der Waals surface area contributed by atoms with Gasteiger partial charge in [-0.3, -0.25) is 9.59 Å². The average molecular weight is 327 g/mol. The molecule has 0 aliphatic carbocycles. The molecule has 0 radical (unpaired) electrons. The van der Waals surface area contributed by atoms with E-state index in [0.29, 0.717) is 29.8 Å². The summed E-state index contributed by atoms with van der Waals surface area (Å²) in [5, 5.41) is 0. The lowest BCUT2D eigenvalue weighted by molar-refractivity contribution is 0.00353. The molecule has 1 aliphatic rings. The first-order valence-electron chi connectivity index (χ1n) is 5.98. The van der Waals surface area contributed by atoms with Crippen LogP contribution < -0.4 is 5.73 Å². The third-order valence-corrected chi connectivity index (χ3v) is 3.60. The van der Waals surface area contributed by atoms with Crippen LogP contribution in [0.1, 0.15) is 27.6 Å². The van der Waals surface area contributed by atoms with Crippen molar-refractivity contribution in [1.29, 1.82) is 0 Å². The van der Waals surface area contributed by atoms with Gasteiger partial charge in [-0.15, -0.1) is 0 Å². The second-order valence-electron chi connectivity index (χ2n) is 4.48. The molecule has 1 aromatic carbocycles. The van der Waals surface area contributed by atoms with Gasteiger partial charge in [0.2, 0.25) is 5.91 Å². The summed E-state index contributed by atoms with van der Waals surface area (Å²) in [6.45, 7) is 3.46. The van der Waals surface area contributed by atoms with Crippen LogP contribution in [-0.2, 0) is 4.74 Å². The fourth-order valence-corrected chi connectivity index (χ4v) is 2.45. The quantitative estimate of drug-likeness (QED) is 0.893. The van der Waals surface area contributed by atoms with E-state index in [-0.39, 0.29) is 17.5 Å². The zero-order valence-electron chi connectivity index (χ0n) is 10.6. The van der Waals surface area contributed by atoms with Crippen molar-refractivity contribution in [2.24, 2.45) is 5.73 Å². The summed E-state index contributed by atoms with van der Waals surface area (Å²) >= 11 is 3.27. The molecule has 0 bridgehead atoms. The molecule has 0 spiro atoms. The molecule has 1 aliphatic heterocycles. The minimum Gasteiger partial charge on any atom is -0.377 e. The van der Waals surface area contributed by atoms with Crippen molar-refractivity contribution < 1.29 is 14.3 Å². The number of nitrogens with two attached hydrogens (primary N) is 1. The average Bonchev–Trinajstić information content (AvgIpc) is 2.38. The Kier molecular flexibility index (Phi) is 4.21. The van der Waals surface area contributed by atoms with E-state index in [9.17, 15) is 9.59 Å². The number of nitrogens with zero attached hydrogens (tertiary/aromatic N) is 1. The van der Waals surface area contributed by atoms with Crippen molar-refractivity contribution in [3.63, 3.8) is 0 Å². The zero-order chi connectivity index (χ0) is 14.0. The van der Waals surface area contributed by atoms with Gasteiger partial charge in [0.15, 0.2) is 0 Å². The van der Waals surface area contributed by atoms with Crippen LogP contribution in [0.4, 0.5) is 0 Å². The molecule has 1 heterocycles. The summed E-state index contributed by atoms with van der Waals surface area (Å²) in [5.41, 5.74) is 5.90. The van der Waals surface area contributed by atoms with Crippen LogP contribution in [0.5, 0.6) is 0 Å². The lowest BCUT2D eigenvalue weighted by Crippen LogP contribution is -2.47. The number of carbonyl (C=O) groups excluding carboxylic acids is 2. The molecule has 1 aromatic rings. The minimum atomic E-state index is -0.606. The van der Waals surface area contributed by atoms with Gasteiger partial charge in [0.05, 0.1) is 30.4 Å². The van der Waals surface area contributed by atoms with E-state index in [4.69, 9.17) is 10.5 Å². The van der Waals surface area contributed by atoms with Crippen molar-refractivity contribution in [2.75, 3.05) is 19.8 Å². The van der Waals surface area contributed by atoms with Crippen LogP contribution in [0, 0.1) is 0 Å². The van der Waals surface area contributed by atoms with Crippen LogP contribution in [0.3, 0.4) is 0 Å². The Labute approximate surface area is 119 Å². The number of rotatable bonds is 2. The first-order chi connectivity index (χ1) is 9.00. The highest BCUT2D eigenvalue weighted by Gasteiger charge is 2.27. The molecular weight excluding hydrogens is 312 g/mol. The Balaban J connectivity index is 2.35. The van der Waals surface area contributed by atoms with Crippen molar-refractivity contribution >= 4 is 27.7 Å². The molecule has 6 heteroatoms. The maximum absolute atomic E-state index is 12.5. The van der Waals surface area contributed by atoms with Gasteiger partial charge >= 0.3 is 0 Å². The summed E-state index contributed by atoms with van der Waals surface area (Å²) in [5.74, 6) is -0.789. The van der Waals surface area contributed by atoms with Gasteiger partial charge in [0, 0.05) is 11.0 Å². The predicted octanol–water partition coefficient (Wildman–Crippen LogP) is 1.41. The SMILES string of the molecule is C[C@H]1COCCN1C(=O)c1ccc(Br)cc1C(N)=O. The molecule has 2 rings (SSSR count). The van der Waals surface area contributed by atoms with Crippen molar-refractivity contribution in [1.82, 2.24) is 4.90 Å². The molecule has 0 unspecified atom stereocenters. The molecule has 5 nitrogen and oxygen atoms in total. The molecule has 19 heavy (non-hydrogen) atoms. The van der Waals surface area contributed by atoms with Gasteiger partial charge < -0.3 is 15.4 Å². The Morgan fingerprint density at radius 1 is 1.42 bits per heavy atom. The highest BCUT2D eigenvalue weighted by molar-refractivity contribution is 9.10. The normalized spacial score (nSPS) is 19.3. The standard InChI is InChI=1S/C13H15BrN2O3/c1-8-7-19-5-4-16(8)13(18)10-3-2-9(14)6-11(10)12(15)17/h2-3,6,8H,4-5,7H2,1H3,(H2,15,17)/t8-/m0/s1. The topological polar surface area (TPSA) is 72.6 Å². The molecule has 0 aromatic heterocycles. The predicted molar refractivity (Wildman–Crippen MR) is 74.0 cm³/mol. The van der Waals surface area contributed by atoms with Gasteiger partial charge in [0.25, 0.3) is 5.91 Å². The number of halogens is 1. The Hall–Kier alpha value is -1.40. The molecular formula is C13H15BrN2O3. The van der Waals surface area contributed by atoms with Gasteiger partial charge in [-0.05, 0) is 25.1 Å². The van der Waals surface area contributed by atoms with E-state index in [1.54, 1.807) is 23.1 Å². The number of amides is 2. The third kappa shape index (κ3) is 2.96. The fraction of sp³-hybridized carbons (Fsp3) is 0.385. The van der Waals surface area contributed by atoms with E-state index in [1.807, 2.05) is 6.92 Å². The number of morpholine rings is 1. The van der Waals surface area contributed by atoms with Gasteiger partial charge in [-0.25, -0.2) is 0 Å². The van der Waals surface area contributed by atoms with Crippen molar-refractivity contribution in [3.8, 4) is 0 Å². The summed E-state index contributed by atoms with van der Waals surface area (Å²) in [6, 6.07) is 4.91. The van der Waals surface area contributed by atoms with E-state index < -0.39 is 5.91 Å². The molecule has 0 saturated carbocycles. The Morgan fingerprint density at radius 2 is 2.16 bits per heavy atom. The zero-order valence-corrected chi connectivity index (χ0v) is 12.1. The van der Waals surface area contributed by atoms with Crippen LogP contribution in [0.15, 0.2) is 22.7 Å². The molecule has 102 valence electrons. The van der Waals surface area contributed by atoms with Gasteiger partial charge in [0.1, 0.15) is 0 Å². The Bertz CT molecular complexity index is 519. The lowest BCUT2D eigenvalue weighted by atomic mass is 10.0. The first-order valence-corrected chi connectivity index (χ1v) is 6.78. The van der Waals surface area contributed by atoms with Gasteiger partial charge in [-0.1, -0.05) is 15.9 Å². The first kappa shape index (κ1) is 14.0. The van der Waals surface area contributed by atoms with Gasteiger partial charge in [-0.2, -0.15) is 0 Å². The second kappa shape index (κ2) is 5.71. The van der Waals surface area contributed by atoms with Crippen LogP contribution >= 0.6 is 15.9 Å². The smallest absolute Gasteiger partial charge is 0.255 e. The summed E-state index contributed by atoms with van der Waals surface area (Å²) in [4.78, 5) is 25.7. The minimum absolute atomic E-state index is 0.00868. The second-order valence-corrected chi connectivity index (χ2v) is 5.39. The fourth-order valence-electron chi connectivity index (χ4n) is 2.09. The maximum Gasteiger partial charge on any atom is 0.255 e.